The van der Waals surface area contributed by atoms with Crippen LogP contribution in [-0.4, -0.2) is 32.6 Å². The van der Waals surface area contributed by atoms with Gasteiger partial charge in [-0.3, -0.25) is 4.79 Å². The van der Waals surface area contributed by atoms with Crippen LogP contribution in [0.15, 0.2) is 12.7 Å². The van der Waals surface area contributed by atoms with Crippen LogP contribution in [0.5, 0.6) is 0 Å². The lowest BCUT2D eigenvalue weighted by atomic mass is 10.2. The van der Waals surface area contributed by atoms with Gasteiger partial charge in [0.15, 0.2) is 0 Å². The van der Waals surface area contributed by atoms with Crippen LogP contribution in [0.25, 0.3) is 0 Å². The van der Waals surface area contributed by atoms with Gasteiger partial charge >= 0.3 is 0 Å². The summed E-state index contributed by atoms with van der Waals surface area (Å²) >= 11 is 0. The van der Waals surface area contributed by atoms with Crippen molar-refractivity contribution in [2.24, 2.45) is 0 Å². The van der Waals surface area contributed by atoms with Crippen molar-refractivity contribution in [1.82, 2.24) is 5.32 Å². The van der Waals surface area contributed by atoms with Crippen molar-refractivity contribution in [2.75, 3.05) is 20.6 Å². The summed E-state index contributed by atoms with van der Waals surface area (Å²) < 4.78 is 0. The van der Waals surface area contributed by atoms with Gasteiger partial charge in [-0.05, 0) is 12.5 Å². The van der Waals surface area contributed by atoms with Gasteiger partial charge in [0.25, 0.3) is 0 Å². The molecule has 0 aromatic heterocycles. The molecule has 0 fully saturated rings. The first-order valence-corrected chi connectivity index (χ1v) is 4.32. The molecule has 0 bridgehead atoms. The van der Waals surface area contributed by atoms with Crippen molar-refractivity contribution < 1.29 is 22.1 Å². The quantitative estimate of drug-likeness (QED) is 0.445. The molecule has 13 heavy (non-hydrogen) atoms. The van der Waals surface area contributed by atoms with Crippen molar-refractivity contribution in [3.8, 4) is 0 Å². The van der Waals surface area contributed by atoms with E-state index < -0.39 is 0 Å². The summed E-state index contributed by atoms with van der Waals surface area (Å²) in [5.74, 6) is -0.0805. The van der Waals surface area contributed by atoms with E-state index in [1.54, 1.807) is 0 Å². The molecule has 0 radical (unpaired) electrons. The molecular formula is C9H19ClN2O. The summed E-state index contributed by atoms with van der Waals surface area (Å²) in [5.41, 5.74) is 0. The summed E-state index contributed by atoms with van der Waals surface area (Å²) in [6, 6.07) is 0.264. The predicted octanol–water partition coefficient (Wildman–Crippen LogP) is -3.78. The Labute approximate surface area is 86.6 Å². The molecule has 0 aliphatic carbocycles. The van der Waals surface area contributed by atoms with Crippen LogP contribution in [0, 0.1) is 0 Å². The fourth-order valence-corrected chi connectivity index (χ4v) is 1.05. The topological polar surface area (TPSA) is 33.5 Å². The lowest BCUT2D eigenvalue weighted by molar-refractivity contribution is -0.859. The highest BCUT2D eigenvalue weighted by Crippen LogP contribution is 1.86. The number of nitrogens with one attached hydrogen (secondary N) is 2. The van der Waals surface area contributed by atoms with Crippen molar-refractivity contribution >= 4 is 5.91 Å². The monoisotopic (exact) mass is 206 g/mol. The molecule has 0 spiro atoms. The fraction of sp³-hybridized carbons (Fsp3) is 0.667. The van der Waals surface area contributed by atoms with Gasteiger partial charge in [-0.15, -0.1) is 0 Å². The summed E-state index contributed by atoms with van der Waals surface area (Å²) in [5, 5.41) is 2.87. The Kier molecular flexibility index (Phi) is 9.29. The Balaban J connectivity index is 0. The minimum absolute atomic E-state index is 0. The minimum Gasteiger partial charge on any atom is -1.00 e. The highest BCUT2D eigenvalue weighted by atomic mass is 35.5. The molecular weight excluding hydrogens is 188 g/mol. The average molecular weight is 207 g/mol. The van der Waals surface area contributed by atoms with E-state index >= 15 is 0 Å². The van der Waals surface area contributed by atoms with Crippen molar-refractivity contribution in [3.63, 3.8) is 0 Å². The van der Waals surface area contributed by atoms with Gasteiger partial charge in [-0.2, -0.15) is 0 Å². The number of rotatable bonds is 5. The van der Waals surface area contributed by atoms with E-state index in [4.69, 9.17) is 0 Å². The second-order valence-corrected chi connectivity index (χ2v) is 3.23. The normalized spacial score (nSPS) is 11.7. The maximum atomic E-state index is 10.9. The number of quaternary nitrogens is 1. The van der Waals surface area contributed by atoms with Crippen LogP contribution in [0.2, 0.25) is 0 Å². The van der Waals surface area contributed by atoms with Crippen LogP contribution < -0.4 is 22.6 Å². The summed E-state index contributed by atoms with van der Waals surface area (Å²) in [7, 11) is 4.14. The van der Waals surface area contributed by atoms with Crippen LogP contribution in [0.1, 0.15) is 13.3 Å². The van der Waals surface area contributed by atoms with E-state index in [1.807, 2.05) is 0 Å². The smallest absolute Gasteiger partial charge is 0.243 e. The van der Waals surface area contributed by atoms with Gasteiger partial charge in [0.05, 0.1) is 26.7 Å². The Morgan fingerprint density at radius 2 is 2.15 bits per heavy atom. The van der Waals surface area contributed by atoms with E-state index in [-0.39, 0.29) is 24.4 Å². The summed E-state index contributed by atoms with van der Waals surface area (Å²) in [6.45, 7) is 6.43. The third-order valence-corrected chi connectivity index (χ3v) is 1.68. The molecule has 2 N–H and O–H groups in total. The fourth-order valence-electron chi connectivity index (χ4n) is 1.05. The van der Waals surface area contributed by atoms with Crippen LogP contribution in [0.3, 0.4) is 0 Å². The van der Waals surface area contributed by atoms with Gasteiger partial charge < -0.3 is 22.6 Å². The Bertz CT molecular complexity index is 160. The SMILES string of the molecule is C=CC(=O)NC(CC)C[NH+](C)C.[Cl-]. The van der Waals surface area contributed by atoms with Crippen molar-refractivity contribution in [2.45, 2.75) is 19.4 Å². The molecule has 1 unspecified atom stereocenters. The molecule has 1 atom stereocenters. The second kappa shape index (κ2) is 8.08. The number of likely N-dealkylation sites (N-methyl/N-ethyl adjacent to an activating group) is 1. The maximum Gasteiger partial charge on any atom is 0.243 e. The first-order chi connectivity index (χ1) is 5.60. The standard InChI is InChI=1S/C9H18N2O.ClH/c1-5-8(7-11(3)4)10-9(12)6-2;/h6,8H,2,5,7H2,1,3-4H3,(H,10,12);1H. The largest absolute Gasteiger partial charge is 1.00 e. The van der Waals surface area contributed by atoms with Crippen LogP contribution in [-0.2, 0) is 4.79 Å². The lowest BCUT2D eigenvalue weighted by Gasteiger charge is -2.17. The van der Waals surface area contributed by atoms with Crippen molar-refractivity contribution in [1.29, 1.82) is 0 Å². The number of halogens is 1. The number of hydrogen-bond acceptors (Lipinski definition) is 1. The number of carbonyl (C=O) groups is 1. The van der Waals surface area contributed by atoms with E-state index in [2.05, 4.69) is 32.9 Å². The third kappa shape index (κ3) is 7.81. The number of carbonyl (C=O) groups excluding carboxylic acids is 1. The van der Waals surface area contributed by atoms with Gasteiger partial charge in [-0.25, -0.2) is 0 Å². The molecule has 3 nitrogen and oxygen atoms in total. The molecule has 0 heterocycles. The molecule has 0 aromatic rings. The molecule has 78 valence electrons. The Morgan fingerprint density at radius 1 is 1.62 bits per heavy atom. The van der Waals surface area contributed by atoms with E-state index in [1.165, 1.54) is 11.0 Å². The molecule has 0 aromatic carbocycles. The van der Waals surface area contributed by atoms with Crippen molar-refractivity contribution in [3.05, 3.63) is 12.7 Å². The van der Waals surface area contributed by atoms with E-state index in [9.17, 15) is 4.79 Å². The molecule has 0 aliphatic rings. The van der Waals surface area contributed by atoms with Crippen LogP contribution >= 0.6 is 0 Å². The van der Waals surface area contributed by atoms with Gasteiger partial charge in [0, 0.05) is 0 Å². The molecule has 0 saturated heterocycles. The molecule has 0 rings (SSSR count). The van der Waals surface area contributed by atoms with Gasteiger partial charge in [0.2, 0.25) is 5.91 Å². The summed E-state index contributed by atoms with van der Waals surface area (Å²) in [6.07, 6.45) is 2.28. The van der Waals surface area contributed by atoms with Gasteiger partial charge in [-0.1, -0.05) is 13.5 Å². The zero-order valence-corrected chi connectivity index (χ0v) is 9.32. The minimum atomic E-state index is -0.0805. The van der Waals surface area contributed by atoms with E-state index in [0.717, 1.165) is 13.0 Å². The Hall–Kier alpha value is -0.540. The number of hydrogen-bond donors (Lipinski definition) is 2. The summed E-state index contributed by atoms with van der Waals surface area (Å²) in [4.78, 5) is 12.3. The molecule has 0 saturated carbocycles. The zero-order valence-electron chi connectivity index (χ0n) is 8.56. The first-order valence-electron chi connectivity index (χ1n) is 4.32. The van der Waals surface area contributed by atoms with Gasteiger partial charge in [0.1, 0.15) is 0 Å². The number of amides is 1. The van der Waals surface area contributed by atoms with Crippen LogP contribution in [0.4, 0.5) is 0 Å². The highest BCUT2D eigenvalue weighted by molar-refractivity contribution is 5.87. The zero-order chi connectivity index (χ0) is 9.56. The lowest BCUT2D eigenvalue weighted by Crippen LogP contribution is -3.07. The van der Waals surface area contributed by atoms with E-state index in [0.29, 0.717) is 0 Å². The molecule has 0 aliphatic heterocycles. The molecule has 1 amide bonds. The first kappa shape index (κ1) is 15.0. The predicted molar refractivity (Wildman–Crippen MR) is 50.1 cm³/mol. The maximum absolute atomic E-state index is 10.9. The molecule has 4 heteroatoms. The highest BCUT2D eigenvalue weighted by Gasteiger charge is 2.10. The second-order valence-electron chi connectivity index (χ2n) is 3.23. The third-order valence-electron chi connectivity index (χ3n) is 1.68. The Morgan fingerprint density at radius 3 is 2.46 bits per heavy atom. The average Bonchev–Trinajstić information content (AvgIpc) is 2.02.